The zero-order chi connectivity index (χ0) is 12.6. The summed E-state index contributed by atoms with van der Waals surface area (Å²) in [5.74, 6) is -0.360. The lowest BCUT2D eigenvalue weighted by atomic mass is 10.1. The third-order valence-corrected chi connectivity index (χ3v) is 1.97. The molecular formula is C12H19NO3. The maximum Gasteiger partial charge on any atom is 0.333 e. The van der Waals surface area contributed by atoms with Crippen LogP contribution < -0.4 is 5.32 Å². The van der Waals surface area contributed by atoms with Gasteiger partial charge >= 0.3 is 5.97 Å². The molecule has 0 saturated carbocycles. The first-order chi connectivity index (χ1) is 7.47. The number of rotatable bonds is 7. The average Bonchev–Trinajstić information content (AvgIpc) is 2.25. The molecule has 0 saturated heterocycles. The van der Waals surface area contributed by atoms with Crippen LogP contribution in [-0.4, -0.2) is 25.0 Å². The highest BCUT2D eigenvalue weighted by Crippen LogP contribution is 2.03. The lowest BCUT2D eigenvalue weighted by Crippen LogP contribution is -2.24. The van der Waals surface area contributed by atoms with E-state index in [9.17, 15) is 9.59 Å². The Morgan fingerprint density at radius 1 is 1.50 bits per heavy atom. The molecule has 0 bridgehead atoms. The van der Waals surface area contributed by atoms with Crippen LogP contribution in [0.4, 0.5) is 0 Å². The molecule has 1 N–H and O–H groups in total. The summed E-state index contributed by atoms with van der Waals surface area (Å²) in [7, 11) is 0. The zero-order valence-electron chi connectivity index (χ0n) is 9.91. The van der Waals surface area contributed by atoms with Crippen molar-refractivity contribution >= 4 is 11.9 Å². The molecule has 0 aliphatic rings. The highest BCUT2D eigenvalue weighted by molar-refractivity contribution is 5.87. The molecule has 0 aromatic rings. The van der Waals surface area contributed by atoms with Gasteiger partial charge in [-0.1, -0.05) is 20.1 Å². The van der Waals surface area contributed by atoms with Gasteiger partial charge < -0.3 is 10.1 Å². The number of nitrogens with one attached hydrogen (secondary N) is 1. The van der Waals surface area contributed by atoms with Crippen molar-refractivity contribution in [3.05, 3.63) is 24.8 Å². The Labute approximate surface area is 96.4 Å². The molecule has 0 aliphatic heterocycles. The number of ether oxygens (including phenoxy) is 1. The van der Waals surface area contributed by atoms with Crippen molar-refractivity contribution in [2.75, 3.05) is 13.2 Å². The molecule has 0 rings (SSSR count). The topological polar surface area (TPSA) is 55.4 Å². The monoisotopic (exact) mass is 225 g/mol. The molecule has 0 spiro atoms. The predicted octanol–water partition coefficient (Wildman–Crippen LogP) is 1.43. The average molecular weight is 225 g/mol. The minimum Gasteiger partial charge on any atom is -0.462 e. The van der Waals surface area contributed by atoms with E-state index in [1.165, 1.54) is 6.08 Å². The van der Waals surface area contributed by atoms with Gasteiger partial charge in [0, 0.05) is 12.1 Å². The van der Waals surface area contributed by atoms with Gasteiger partial charge in [0.1, 0.15) is 0 Å². The summed E-state index contributed by atoms with van der Waals surface area (Å²) in [6, 6.07) is 0. The van der Waals surface area contributed by atoms with Gasteiger partial charge in [0.05, 0.1) is 6.61 Å². The summed E-state index contributed by atoms with van der Waals surface area (Å²) in [6.07, 6.45) is 1.98. The van der Waals surface area contributed by atoms with Gasteiger partial charge in [-0.2, -0.15) is 0 Å². The largest absolute Gasteiger partial charge is 0.462 e. The molecule has 4 nitrogen and oxygen atoms in total. The molecule has 0 aromatic carbocycles. The Kier molecular flexibility index (Phi) is 6.92. The SMILES string of the molecule is C=CC(=O)NCCC(C)COC(=O)C(=C)C. The Bertz CT molecular complexity index is 284. The number of hydrogen-bond donors (Lipinski definition) is 1. The van der Waals surface area contributed by atoms with Crippen LogP contribution in [0.25, 0.3) is 0 Å². The quantitative estimate of drug-likeness (QED) is 0.527. The maximum absolute atomic E-state index is 11.1. The van der Waals surface area contributed by atoms with E-state index in [0.717, 1.165) is 6.42 Å². The second kappa shape index (κ2) is 7.68. The van der Waals surface area contributed by atoms with E-state index in [2.05, 4.69) is 18.5 Å². The van der Waals surface area contributed by atoms with E-state index in [4.69, 9.17) is 4.74 Å². The van der Waals surface area contributed by atoms with Gasteiger partial charge in [0.25, 0.3) is 0 Å². The van der Waals surface area contributed by atoms with Crippen LogP contribution in [-0.2, 0) is 14.3 Å². The smallest absolute Gasteiger partial charge is 0.333 e. The van der Waals surface area contributed by atoms with Crippen molar-refractivity contribution in [1.82, 2.24) is 5.32 Å². The standard InChI is InChI=1S/C12H19NO3/c1-5-11(14)13-7-6-10(4)8-16-12(15)9(2)3/h5,10H,1-2,6-8H2,3-4H3,(H,13,14). The Morgan fingerprint density at radius 3 is 2.62 bits per heavy atom. The molecule has 4 heteroatoms. The molecule has 0 aromatic heterocycles. The number of amides is 1. The first-order valence-corrected chi connectivity index (χ1v) is 5.20. The van der Waals surface area contributed by atoms with E-state index in [-0.39, 0.29) is 17.8 Å². The molecular weight excluding hydrogens is 206 g/mol. The van der Waals surface area contributed by atoms with Crippen LogP contribution in [0, 0.1) is 5.92 Å². The highest BCUT2D eigenvalue weighted by atomic mass is 16.5. The van der Waals surface area contributed by atoms with Crippen molar-refractivity contribution in [2.45, 2.75) is 20.3 Å². The minimum atomic E-state index is -0.373. The third-order valence-electron chi connectivity index (χ3n) is 1.97. The van der Waals surface area contributed by atoms with Crippen molar-refractivity contribution in [2.24, 2.45) is 5.92 Å². The zero-order valence-corrected chi connectivity index (χ0v) is 9.91. The lowest BCUT2D eigenvalue weighted by Gasteiger charge is -2.12. The second-order valence-corrected chi connectivity index (χ2v) is 3.77. The van der Waals surface area contributed by atoms with Crippen molar-refractivity contribution in [3.63, 3.8) is 0 Å². The van der Waals surface area contributed by atoms with E-state index in [0.29, 0.717) is 18.7 Å². The molecule has 1 amide bonds. The van der Waals surface area contributed by atoms with Gasteiger partial charge in [-0.25, -0.2) is 4.79 Å². The molecule has 0 radical (unpaired) electrons. The lowest BCUT2D eigenvalue weighted by molar-refractivity contribution is -0.140. The molecule has 0 aliphatic carbocycles. The fraction of sp³-hybridized carbons (Fsp3) is 0.500. The summed E-state index contributed by atoms with van der Waals surface area (Å²) in [4.78, 5) is 21.9. The van der Waals surface area contributed by atoms with Gasteiger partial charge in [0.15, 0.2) is 0 Å². The van der Waals surface area contributed by atoms with Gasteiger partial charge in [-0.15, -0.1) is 0 Å². The minimum absolute atomic E-state index is 0.189. The van der Waals surface area contributed by atoms with Crippen molar-refractivity contribution in [3.8, 4) is 0 Å². The van der Waals surface area contributed by atoms with Gasteiger partial charge in [-0.3, -0.25) is 4.79 Å². The highest BCUT2D eigenvalue weighted by Gasteiger charge is 2.07. The summed E-state index contributed by atoms with van der Waals surface area (Å²) in [5, 5.41) is 2.66. The van der Waals surface area contributed by atoms with E-state index >= 15 is 0 Å². The maximum atomic E-state index is 11.1. The Balaban J connectivity index is 3.63. The van der Waals surface area contributed by atoms with Crippen molar-refractivity contribution in [1.29, 1.82) is 0 Å². The fourth-order valence-electron chi connectivity index (χ4n) is 0.938. The van der Waals surface area contributed by atoms with E-state index in [1.54, 1.807) is 6.92 Å². The van der Waals surface area contributed by atoms with Crippen LogP contribution in [0.2, 0.25) is 0 Å². The van der Waals surface area contributed by atoms with Crippen molar-refractivity contribution < 1.29 is 14.3 Å². The van der Waals surface area contributed by atoms with Gasteiger partial charge in [-0.05, 0) is 25.3 Å². The Morgan fingerprint density at radius 2 is 2.12 bits per heavy atom. The molecule has 16 heavy (non-hydrogen) atoms. The first-order valence-electron chi connectivity index (χ1n) is 5.20. The molecule has 1 unspecified atom stereocenters. The third kappa shape index (κ3) is 6.81. The molecule has 90 valence electrons. The number of carbonyl (C=O) groups is 2. The number of carbonyl (C=O) groups excluding carboxylic acids is 2. The predicted molar refractivity (Wildman–Crippen MR) is 62.8 cm³/mol. The second-order valence-electron chi connectivity index (χ2n) is 3.77. The van der Waals surface area contributed by atoms with Crippen LogP contribution >= 0.6 is 0 Å². The fourth-order valence-corrected chi connectivity index (χ4v) is 0.938. The first kappa shape index (κ1) is 14.4. The summed E-state index contributed by atoms with van der Waals surface area (Å²) < 4.78 is 4.98. The van der Waals surface area contributed by atoms with Gasteiger partial charge in [0.2, 0.25) is 5.91 Å². The summed E-state index contributed by atoms with van der Waals surface area (Å²) in [6.45, 7) is 11.3. The van der Waals surface area contributed by atoms with E-state index in [1.807, 2.05) is 6.92 Å². The molecule has 0 heterocycles. The van der Waals surface area contributed by atoms with E-state index < -0.39 is 0 Å². The number of hydrogen-bond acceptors (Lipinski definition) is 3. The van der Waals surface area contributed by atoms with Crippen LogP contribution in [0.15, 0.2) is 24.8 Å². The number of esters is 1. The summed E-state index contributed by atoms with van der Waals surface area (Å²) >= 11 is 0. The molecule has 1 atom stereocenters. The molecule has 0 fully saturated rings. The summed E-state index contributed by atoms with van der Waals surface area (Å²) in [5.41, 5.74) is 0.396. The van der Waals surface area contributed by atoms with Crippen LogP contribution in [0.1, 0.15) is 20.3 Å². The normalized spacial score (nSPS) is 11.4. The van der Waals surface area contributed by atoms with Crippen LogP contribution in [0.5, 0.6) is 0 Å². The Hall–Kier alpha value is -1.58. The van der Waals surface area contributed by atoms with Crippen LogP contribution in [0.3, 0.4) is 0 Å².